The number of anilines is 2. The highest BCUT2D eigenvalue weighted by Crippen LogP contribution is 2.39. The van der Waals surface area contributed by atoms with Gasteiger partial charge < -0.3 is 10.6 Å². The van der Waals surface area contributed by atoms with Gasteiger partial charge in [0, 0.05) is 39.6 Å². The Bertz CT molecular complexity index is 1250. The zero-order chi connectivity index (χ0) is 21.7. The molecular weight excluding hydrogens is 424 g/mol. The second-order valence-corrected chi connectivity index (χ2v) is 7.85. The Morgan fingerprint density at radius 1 is 1.10 bits per heavy atom. The summed E-state index contributed by atoms with van der Waals surface area (Å²) in [5, 5.41) is 5.97. The fourth-order valence-electron chi connectivity index (χ4n) is 4.20. The van der Waals surface area contributed by atoms with Gasteiger partial charge in [-0.1, -0.05) is 17.7 Å². The number of nitrogens with zero attached hydrogens (tertiary/aromatic N) is 1. The summed E-state index contributed by atoms with van der Waals surface area (Å²) in [6.07, 6.45) is 0.551. The first kappa shape index (κ1) is 19.5. The van der Waals surface area contributed by atoms with E-state index in [0.29, 0.717) is 46.1 Å². The van der Waals surface area contributed by atoms with Crippen LogP contribution in [0.2, 0.25) is 5.02 Å². The molecule has 31 heavy (non-hydrogen) atoms. The van der Waals surface area contributed by atoms with Crippen LogP contribution in [0.15, 0.2) is 54.6 Å². The van der Waals surface area contributed by atoms with Crippen molar-refractivity contribution in [2.24, 2.45) is 0 Å². The Balaban J connectivity index is 1.51. The third kappa shape index (κ3) is 3.31. The third-order valence-corrected chi connectivity index (χ3v) is 5.95. The maximum atomic E-state index is 13.9. The molecule has 0 fully saturated rings. The molecule has 0 saturated heterocycles. The van der Waals surface area contributed by atoms with Crippen molar-refractivity contribution in [3.8, 4) is 0 Å². The van der Waals surface area contributed by atoms with E-state index in [2.05, 4.69) is 10.6 Å². The van der Waals surface area contributed by atoms with Crippen LogP contribution in [0.1, 0.15) is 33.1 Å². The van der Waals surface area contributed by atoms with Crippen LogP contribution >= 0.6 is 11.6 Å². The number of benzene rings is 3. The molecule has 2 heterocycles. The highest BCUT2D eigenvalue weighted by molar-refractivity contribution is 6.31. The number of amides is 3. The van der Waals surface area contributed by atoms with Gasteiger partial charge in [-0.25, -0.2) is 13.6 Å². The molecule has 8 heteroatoms. The average molecular weight is 440 g/mol. The lowest BCUT2D eigenvalue weighted by Crippen LogP contribution is -2.33. The van der Waals surface area contributed by atoms with E-state index in [9.17, 15) is 18.4 Å². The molecule has 3 aromatic carbocycles. The second kappa shape index (κ2) is 7.35. The van der Waals surface area contributed by atoms with Gasteiger partial charge in [-0.3, -0.25) is 9.69 Å². The zero-order valence-electron chi connectivity index (χ0n) is 16.1. The molecule has 156 valence electrons. The molecule has 2 aliphatic rings. The van der Waals surface area contributed by atoms with Gasteiger partial charge in [-0.05, 0) is 60.5 Å². The Morgan fingerprint density at radius 3 is 2.71 bits per heavy atom. The molecule has 0 radical (unpaired) electrons. The molecule has 3 amide bonds. The summed E-state index contributed by atoms with van der Waals surface area (Å²) in [5.41, 5.74) is 3.12. The first-order chi connectivity index (χ1) is 14.9. The fourth-order valence-corrected chi connectivity index (χ4v) is 4.42. The molecule has 0 bridgehead atoms. The van der Waals surface area contributed by atoms with Gasteiger partial charge in [0.05, 0.1) is 6.04 Å². The van der Waals surface area contributed by atoms with Gasteiger partial charge in [-0.15, -0.1) is 0 Å². The lowest BCUT2D eigenvalue weighted by atomic mass is 9.96. The number of fused-ring (bicyclic) bond motifs is 2. The van der Waals surface area contributed by atoms with Crippen molar-refractivity contribution in [2.45, 2.75) is 12.5 Å². The molecule has 5 rings (SSSR count). The summed E-state index contributed by atoms with van der Waals surface area (Å²) in [7, 11) is 0. The van der Waals surface area contributed by atoms with Crippen molar-refractivity contribution in [1.82, 2.24) is 5.32 Å². The second-order valence-electron chi connectivity index (χ2n) is 7.44. The van der Waals surface area contributed by atoms with Gasteiger partial charge in [0.2, 0.25) is 0 Å². The SMILES string of the molecule is O=C1N[C@H](c2cc(F)ccc2Cl)c2c(NC(=O)N3CCc4cc(F)ccc43)cccc21. The average Bonchev–Trinajstić information content (AvgIpc) is 3.31. The van der Waals surface area contributed by atoms with Crippen molar-refractivity contribution < 1.29 is 18.4 Å². The summed E-state index contributed by atoms with van der Waals surface area (Å²) in [6.45, 7) is 0.413. The minimum atomic E-state index is -0.706. The predicted molar refractivity (Wildman–Crippen MR) is 114 cm³/mol. The highest BCUT2D eigenvalue weighted by Gasteiger charge is 2.34. The molecule has 0 spiro atoms. The number of nitrogens with one attached hydrogen (secondary N) is 2. The maximum Gasteiger partial charge on any atom is 0.326 e. The van der Waals surface area contributed by atoms with Crippen LogP contribution in [0.3, 0.4) is 0 Å². The van der Waals surface area contributed by atoms with Crippen molar-refractivity contribution in [3.05, 3.63) is 93.5 Å². The molecule has 2 N–H and O–H groups in total. The van der Waals surface area contributed by atoms with Crippen LogP contribution in [-0.4, -0.2) is 18.5 Å². The van der Waals surface area contributed by atoms with Crippen LogP contribution < -0.4 is 15.5 Å². The monoisotopic (exact) mass is 439 g/mol. The first-order valence-corrected chi connectivity index (χ1v) is 10.1. The van der Waals surface area contributed by atoms with E-state index in [4.69, 9.17) is 11.6 Å². The Hall–Kier alpha value is -3.45. The Kier molecular flexibility index (Phi) is 4.63. The Labute approximate surface area is 181 Å². The van der Waals surface area contributed by atoms with E-state index in [1.54, 1.807) is 24.3 Å². The van der Waals surface area contributed by atoms with Gasteiger partial charge in [0.25, 0.3) is 5.91 Å². The van der Waals surface area contributed by atoms with E-state index >= 15 is 0 Å². The Morgan fingerprint density at radius 2 is 1.87 bits per heavy atom. The van der Waals surface area contributed by atoms with Gasteiger partial charge in [-0.2, -0.15) is 0 Å². The smallest absolute Gasteiger partial charge is 0.326 e. The summed E-state index contributed by atoms with van der Waals surface area (Å²) in [4.78, 5) is 27.1. The number of hydrogen-bond acceptors (Lipinski definition) is 2. The van der Waals surface area contributed by atoms with Crippen LogP contribution in [0.5, 0.6) is 0 Å². The minimum Gasteiger partial charge on any atom is -0.341 e. The van der Waals surface area contributed by atoms with E-state index in [-0.39, 0.29) is 11.7 Å². The van der Waals surface area contributed by atoms with E-state index in [1.165, 1.54) is 35.2 Å². The van der Waals surface area contributed by atoms with Crippen molar-refractivity contribution in [1.29, 1.82) is 0 Å². The molecule has 5 nitrogen and oxygen atoms in total. The van der Waals surface area contributed by atoms with Crippen LogP contribution in [0.4, 0.5) is 25.0 Å². The van der Waals surface area contributed by atoms with Gasteiger partial charge >= 0.3 is 6.03 Å². The number of halogens is 3. The standard InChI is InChI=1S/C23H16ClF2N3O2/c24-17-6-4-14(26)11-16(17)21-20-15(22(30)28-21)2-1-3-18(20)27-23(31)29-9-8-12-10-13(25)5-7-19(12)29/h1-7,10-11,21H,8-9H2,(H,27,31)(H,28,30)/t21-/m1/s1. The molecule has 1 atom stereocenters. The number of urea groups is 1. The molecule has 0 saturated carbocycles. The van der Waals surface area contributed by atoms with Crippen molar-refractivity contribution >= 4 is 34.9 Å². The van der Waals surface area contributed by atoms with Crippen LogP contribution in [0, 0.1) is 11.6 Å². The summed E-state index contributed by atoms with van der Waals surface area (Å²) < 4.78 is 27.4. The maximum absolute atomic E-state index is 13.9. The molecule has 0 aliphatic carbocycles. The summed E-state index contributed by atoms with van der Waals surface area (Å²) >= 11 is 6.28. The fraction of sp³-hybridized carbons (Fsp3) is 0.130. The third-order valence-electron chi connectivity index (χ3n) is 5.61. The van der Waals surface area contributed by atoms with Crippen LogP contribution in [-0.2, 0) is 6.42 Å². The predicted octanol–water partition coefficient (Wildman–Crippen LogP) is 5.05. The van der Waals surface area contributed by atoms with Crippen molar-refractivity contribution in [2.75, 3.05) is 16.8 Å². The quantitative estimate of drug-likeness (QED) is 0.587. The largest absolute Gasteiger partial charge is 0.341 e. The molecule has 0 aromatic heterocycles. The highest BCUT2D eigenvalue weighted by atomic mass is 35.5. The van der Waals surface area contributed by atoms with Gasteiger partial charge in [0.1, 0.15) is 11.6 Å². The van der Waals surface area contributed by atoms with E-state index in [1.807, 2.05) is 0 Å². The van der Waals surface area contributed by atoms with E-state index in [0.717, 1.165) is 5.56 Å². The van der Waals surface area contributed by atoms with Gasteiger partial charge in [0.15, 0.2) is 0 Å². The topological polar surface area (TPSA) is 61.4 Å². The van der Waals surface area contributed by atoms with E-state index < -0.39 is 17.9 Å². The number of carbonyl (C=O) groups excluding carboxylic acids is 2. The van der Waals surface area contributed by atoms with Crippen molar-refractivity contribution in [3.63, 3.8) is 0 Å². The molecule has 2 aliphatic heterocycles. The normalized spacial score (nSPS) is 16.7. The lowest BCUT2D eigenvalue weighted by Gasteiger charge is -2.21. The number of carbonyl (C=O) groups is 2. The molecular formula is C23H16ClF2N3O2. The minimum absolute atomic E-state index is 0.302. The summed E-state index contributed by atoms with van der Waals surface area (Å²) in [6, 6.07) is 12.1. The van der Waals surface area contributed by atoms with Crippen LogP contribution in [0.25, 0.3) is 0 Å². The molecule has 0 unspecified atom stereocenters. The molecule has 3 aromatic rings. The number of rotatable bonds is 2. The zero-order valence-corrected chi connectivity index (χ0v) is 16.8. The first-order valence-electron chi connectivity index (χ1n) is 9.68. The summed E-state index contributed by atoms with van der Waals surface area (Å²) in [5.74, 6) is -1.16. The lowest BCUT2D eigenvalue weighted by molar-refractivity contribution is 0.0960. The number of hydrogen-bond donors (Lipinski definition) is 2.